The van der Waals surface area contributed by atoms with Gasteiger partial charge in [-0.1, -0.05) is 11.6 Å². The van der Waals surface area contributed by atoms with Crippen molar-refractivity contribution in [3.63, 3.8) is 0 Å². The fourth-order valence-corrected chi connectivity index (χ4v) is 4.48. The highest BCUT2D eigenvalue weighted by Crippen LogP contribution is 2.33. The Kier molecular flexibility index (Phi) is 6.01. The molecular weight excluding hydrogens is 428 g/mol. The van der Waals surface area contributed by atoms with Gasteiger partial charge in [-0.05, 0) is 12.1 Å². The molecule has 0 amide bonds. The van der Waals surface area contributed by atoms with E-state index in [4.69, 9.17) is 16.3 Å². The van der Waals surface area contributed by atoms with Crippen LogP contribution in [-0.4, -0.2) is 69.6 Å². The molecule has 0 aliphatic carbocycles. The molecule has 2 aliphatic rings. The summed E-state index contributed by atoms with van der Waals surface area (Å²) in [6, 6.07) is 3.79. The summed E-state index contributed by atoms with van der Waals surface area (Å²) >= 11 is 6.15. The zero-order valence-corrected chi connectivity index (χ0v) is 18.6. The summed E-state index contributed by atoms with van der Waals surface area (Å²) in [6.07, 6.45) is 4.34. The van der Waals surface area contributed by atoms with Crippen LogP contribution in [-0.2, 0) is 27.9 Å². The standard InChI is InChI=1S/C19H25ClN6O3S/c1-24(2)30(27,28)23-17-11-14(12-22-19(17)20)26-6-4-16-15(13-26)18(3-5-21-16)25-7-9-29-10-8-25/h3,5,11-12,23H,4,6-10,13H2,1-2H3. The van der Waals surface area contributed by atoms with E-state index < -0.39 is 10.2 Å². The Bertz CT molecular complexity index is 1030. The number of hydrogen-bond donors (Lipinski definition) is 1. The largest absolute Gasteiger partial charge is 0.378 e. The number of pyridine rings is 2. The van der Waals surface area contributed by atoms with E-state index in [-0.39, 0.29) is 10.8 Å². The van der Waals surface area contributed by atoms with E-state index in [1.54, 1.807) is 12.3 Å². The fraction of sp³-hybridized carbons (Fsp3) is 0.474. The number of hydrogen-bond acceptors (Lipinski definition) is 7. The molecule has 2 aromatic rings. The smallest absolute Gasteiger partial charge is 0.301 e. The van der Waals surface area contributed by atoms with E-state index in [0.717, 1.165) is 55.0 Å². The van der Waals surface area contributed by atoms with Gasteiger partial charge in [0.25, 0.3) is 0 Å². The number of nitrogens with one attached hydrogen (secondary N) is 1. The molecule has 1 fully saturated rings. The third-order valence-electron chi connectivity index (χ3n) is 5.35. The summed E-state index contributed by atoms with van der Waals surface area (Å²) in [4.78, 5) is 13.3. The van der Waals surface area contributed by atoms with Gasteiger partial charge >= 0.3 is 10.2 Å². The van der Waals surface area contributed by atoms with E-state index in [1.165, 1.54) is 25.3 Å². The van der Waals surface area contributed by atoms with Gasteiger partial charge in [0, 0.05) is 69.8 Å². The minimum absolute atomic E-state index is 0.109. The van der Waals surface area contributed by atoms with Crippen LogP contribution in [0.1, 0.15) is 11.3 Å². The summed E-state index contributed by atoms with van der Waals surface area (Å²) in [7, 11) is -0.772. The van der Waals surface area contributed by atoms with Crippen molar-refractivity contribution in [3.8, 4) is 0 Å². The Morgan fingerprint density at radius 3 is 2.67 bits per heavy atom. The predicted octanol–water partition coefficient (Wildman–Crippen LogP) is 1.75. The molecule has 4 heterocycles. The topological polar surface area (TPSA) is 90.9 Å². The number of halogens is 1. The maximum atomic E-state index is 12.2. The quantitative estimate of drug-likeness (QED) is 0.691. The number of rotatable bonds is 5. The fourth-order valence-electron chi connectivity index (χ4n) is 3.66. The number of ether oxygens (including phenoxy) is 1. The number of fused-ring (bicyclic) bond motifs is 1. The van der Waals surface area contributed by atoms with Crippen LogP contribution in [0.4, 0.5) is 17.1 Å². The SMILES string of the molecule is CN(C)S(=O)(=O)Nc1cc(N2CCc3nccc(N4CCOCC4)c3C2)cnc1Cl. The van der Waals surface area contributed by atoms with Crippen molar-refractivity contribution in [1.29, 1.82) is 0 Å². The van der Waals surface area contributed by atoms with Crippen molar-refractivity contribution in [2.45, 2.75) is 13.0 Å². The highest BCUT2D eigenvalue weighted by atomic mass is 35.5. The van der Waals surface area contributed by atoms with Crippen molar-refractivity contribution in [2.24, 2.45) is 0 Å². The molecule has 2 aliphatic heterocycles. The highest BCUT2D eigenvalue weighted by molar-refractivity contribution is 7.90. The molecule has 2 aromatic heterocycles. The molecule has 4 rings (SSSR count). The highest BCUT2D eigenvalue weighted by Gasteiger charge is 2.25. The lowest BCUT2D eigenvalue weighted by Crippen LogP contribution is -2.39. The molecule has 0 unspecified atom stereocenters. The lowest BCUT2D eigenvalue weighted by Gasteiger charge is -2.36. The van der Waals surface area contributed by atoms with E-state index in [1.807, 2.05) is 6.20 Å². The first kappa shape index (κ1) is 21.1. The van der Waals surface area contributed by atoms with Crippen LogP contribution in [0.3, 0.4) is 0 Å². The lowest BCUT2D eigenvalue weighted by atomic mass is 10.0. The van der Waals surface area contributed by atoms with Crippen LogP contribution < -0.4 is 14.5 Å². The van der Waals surface area contributed by atoms with Crippen LogP contribution in [0.25, 0.3) is 0 Å². The summed E-state index contributed by atoms with van der Waals surface area (Å²) in [6.45, 7) is 4.58. The normalized spacial score (nSPS) is 17.2. The van der Waals surface area contributed by atoms with Gasteiger partial charge in [0.15, 0.2) is 5.15 Å². The van der Waals surface area contributed by atoms with Crippen molar-refractivity contribution in [1.82, 2.24) is 14.3 Å². The van der Waals surface area contributed by atoms with Crippen LogP contribution in [0.15, 0.2) is 24.5 Å². The average Bonchev–Trinajstić information content (AvgIpc) is 2.75. The molecule has 11 heteroatoms. The van der Waals surface area contributed by atoms with Crippen molar-refractivity contribution < 1.29 is 13.2 Å². The second-order valence-electron chi connectivity index (χ2n) is 7.45. The zero-order valence-electron chi connectivity index (χ0n) is 17.0. The minimum atomic E-state index is -3.68. The zero-order chi connectivity index (χ0) is 21.3. The van der Waals surface area contributed by atoms with Gasteiger partial charge in [-0.2, -0.15) is 12.7 Å². The number of anilines is 3. The Balaban J connectivity index is 1.61. The van der Waals surface area contributed by atoms with Gasteiger partial charge < -0.3 is 14.5 Å². The van der Waals surface area contributed by atoms with Crippen LogP contribution in [0.2, 0.25) is 5.15 Å². The average molecular weight is 453 g/mol. The van der Waals surface area contributed by atoms with Gasteiger partial charge in [-0.25, -0.2) is 4.98 Å². The van der Waals surface area contributed by atoms with Crippen molar-refractivity contribution >= 4 is 38.9 Å². The first-order valence-electron chi connectivity index (χ1n) is 9.75. The molecule has 0 saturated carbocycles. The van der Waals surface area contributed by atoms with E-state index in [2.05, 4.69) is 30.6 Å². The van der Waals surface area contributed by atoms with E-state index in [9.17, 15) is 8.42 Å². The second-order valence-corrected chi connectivity index (χ2v) is 9.69. The molecule has 162 valence electrons. The van der Waals surface area contributed by atoms with Crippen LogP contribution in [0.5, 0.6) is 0 Å². The number of aromatic nitrogens is 2. The number of nitrogens with zero attached hydrogens (tertiary/aromatic N) is 5. The molecule has 1 saturated heterocycles. The number of morpholine rings is 1. The maximum Gasteiger partial charge on any atom is 0.301 e. The van der Waals surface area contributed by atoms with Crippen LogP contribution >= 0.6 is 11.6 Å². The monoisotopic (exact) mass is 452 g/mol. The molecule has 1 N–H and O–H groups in total. The minimum Gasteiger partial charge on any atom is -0.378 e. The first-order chi connectivity index (χ1) is 14.3. The van der Waals surface area contributed by atoms with Crippen molar-refractivity contribution in [2.75, 3.05) is 61.5 Å². The summed E-state index contributed by atoms with van der Waals surface area (Å²) < 4.78 is 33.5. The Morgan fingerprint density at radius 2 is 1.93 bits per heavy atom. The molecule has 30 heavy (non-hydrogen) atoms. The van der Waals surface area contributed by atoms with Gasteiger partial charge in [0.05, 0.1) is 30.8 Å². The van der Waals surface area contributed by atoms with Gasteiger partial charge in [-0.3, -0.25) is 9.71 Å². The van der Waals surface area contributed by atoms with E-state index >= 15 is 0 Å². The molecule has 0 aromatic carbocycles. The lowest BCUT2D eigenvalue weighted by molar-refractivity contribution is 0.122. The Morgan fingerprint density at radius 1 is 1.17 bits per heavy atom. The van der Waals surface area contributed by atoms with Gasteiger partial charge in [0.1, 0.15) is 0 Å². The molecule has 0 bridgehead atoms. The second kappa shape index (κ2) is 8.54. The van der Waals surface area contributed by atoms with Crippen molar-refractivity contribution in [3.05, 3.63) is 40.9 Å². The summed E-state index contributed by atoms with van der Waals surface area (Å²) in [5.74, 6) is 0. The summed E-state index contributed by atoms with van der Waals surface area (Å²) in [5.41, 5.74) is 4.54. The third-order valence-corrected chi connectivity index (χ3v) is 7.09. The maximum absolute atomic E-state index is 12.2. The molecule has 0 radical (unpaired) electrons. The van der Waals surface area contributed by atoms with Gasteiger partial charge in [-0.15, -0.1) is 0 Å². The van der Waals surface area contributed by atoms with E-state index in [0.29, 0.717) is 6.54 Å². The first-order valence-corrected chi connectivity index (χ1v) is 11.6. The van der Waals surface area contributed by atoms with Crippen LogP contribution in [0, 0.1) is 0 Å². The molecule has 0 atom stereocenters. The molecular formula is C19H25ClN6O3S. The third kappa shape index (κ3) is 4.31. The molecule has 9 nitrogen and oxygen atoms in total. The summed E-state index contributed by atoms with van der Waals surface area (Å²) in [5, 5.41) is 0.109. The van der Waals surface area contributed by atoms with Gasteiger partial charge in [0.2, 0.25) is 0 Å². The Hall–Kier alpha value is -2.14. The predicted molar refractivity (Wildman–Crippen MR) is 117 cm³/mol. The molecule has 0 spiro atoms. The Labute approximate surface area is 181 Å².